The summed E-state index contributed by atoms with van der Waals surface area (Å²) in [5, 5.41) is 17.5. The summed E-state index contributed by atoms with van der Waals surface area (Å²) in [5.41, 5.74) is 0. The first-order chi connectivity index (χ1) is 4.66. The fourth-order valence-electron chi connectivity index (χ4n) is 1.05. The molecule has 1 aliphatic rings. The van der Waals surface area contributed by atoms with Crippen LogP contribution in [0.2, 0.25) is 0 Å². The Balaban J connectivity index is 2.53. The number of alkyl halides is 1. The highest BCUT2D eigenvalue weighted by atomic mass is 19.1. The second-order valence-corrected chi connectivity index (χ2v) is 2.50. The molecule has 1 fully saturated rings. The molecule has 4 heteroatoms. The lowest BCUT2D eigenvalue weighted by Gasteiger charge is -2.07. The first-order valence-corrected chi connectivity index (χ1v) is 3.25. The molecule has 0 spiro atoms. The Hall–Kier alpha value is -0.190. The predicted octanol–water partition coefficient (Wildman–Crippen LogP) is -0.535. The van der Waals surface area contributed by atoms with Gasteiger partial charge in [-0.1, -0.05) is 0 Å². The first-order valence-electron chi connectivity index (χ1n) is 3.25. The van der Waals surface area contributed by atoms with E-state index >= 15 is 0 Å². The number of hydrogen-bond donors (Lipinski definition) is 2. The fourth-order valence-corrected chi connectivity index (χ4v) is 1.05. The van der Waals surface area contributed by atoms with Crippen molar-refractivity contribution in [1.82, 2.24) is 0 Å². The minimum atomic E-state index is -1.44. The number of hydrogen-bond acceptors (Lipinski definition) is 3. The monoisotopic (exact) mass is 150 g/mol. The number of aliphatic hydroxyl groups is 2. The lowest BCUT2D eigenvalue weighted by Crippen LogP contribution is -2.29. The van der Waals surface area contributed by atoms with Gasteiger partial charge in [0.25, 0.3) is 0 Å². The molecule has 1 saturated heterocycles. The van der Waals surface area contributed by atoms with Gasteiger partial charge < -0.3 is 14.9 Å². The summed E-state index contributed by atoms with van der Waals surface area (Å²) < 4.78 is 17.6. The van der Waals surface area contributed by atoms with Gasteiger partial charge in [-0.05, 0) is 6.92 Å². The van der Waals surface area contributed by atoms with Gasteiger partial charge in [0.05, 0.1) is 12.7 Å². The molecule has 60 valence electrons. The lowest BCUT2D eigenvalue weighted by molar-refractivity contribution is -0.00429. The minimum Gasteiger partial charge on any atom is -0.394 e. The van der Waals surface area contributed by atoms with Gasteiger partial charge in [0.15, 0.2) is 6.17 Å². The van der Waals surface area contributed by atoms with Crippen LogP contribution in [0, 0.1) is 0 Å². The SMILES string of the molecule is C[C@@H]1OC(CO)[C@H](F)[C@H]1O. The summed E-state index contributed by atoms with van der Waals surface area (Å²) in [4.78, 5) is 0. The van der Waals surface area contributed by atoms with Crippen LogP contribution in [0.4, 0.5) is 4.39 Å². The summed E-state index contributed by atoms with van der Waals surface area (Å²) in [5.74, 6) is 0. The molecule has 0 saturated carbocycles. The molecule has 0 radical (unpaired) electrons. The maximum Gasteiger partial charge on any atom is 0.157 e. The largest absolute Gasteiger partial charge is 0.394 e. The highest BCUT2D eigenvalue weighted by Crippen LogP contribution is 2.22. The topological polar surface area (TPSA) is 49.7 Å². The molecule has 1 heterocycles. The maximum absolute atomic E-state index is 12.7. The van der Waals surface area contributed by atoms with Crippen molar-refractivity contribution >= 4 is 0 Å². The van der Waals surface area contributed by atoms with E-state index in [1.807, 2.05) is 0 Å². The van der Waals surface area contributed by atoms with Gasteiger partial charge in [-0.2, -0.15) is 0 Å². The predicted molar refractivity (Wildman–Crippen MR) is 32.3 cm³/mol. The average molecular weight is 150 g/mol. The number of aliphatic hydroxyl groups excluding tert-OH is 2. The van der Waals surface area contributed by atoms with Gasteiger partial charge in [-0.3, -0.25) is 0 Å². The van der Waals surface area contributed by atoms with Gasteiger partial charge in [0.1, 0.15) is 12.2 Å². The molecule has 2 N–H and O–H groups in total. The third-order valence-electron chi connectivity index (χ3n) is 1.73. The fraction of sp³-hybridized carbons (Fsp3) is 1.00. The molecule has 10 heavy (non-hydrogen) atoms. The molecule has 0 aliphatic carbocycles. The summed E-state index contributed by atoms with van der Waals surface area (Å²) in [6, 6.07) is 0. The zero-order valence-corrected chi connectivity index (χ0v) is 5.70. The molecule has 0 aromatic heterocycles. The van der Waals surface area contributed by atoms with E-state index in [1.54, 1.807) is 6.92 Å². The van der Waals surface area contributed by atoms with Crippen molar-refractivity contribution in [2.75, 3.05) is 6.61 Å². The van der Waals surface area contributed by atoms with Crippen LogP contribution in [0.25, 0.3) is 0 Å². The third kappa shape index (κ3) is 1.14. The van der Waals surface area contributed by atoms with Crippen LogP contribution < -0.4 is 0 Å². The van der Waals surface area contributed by atoms with Crippen LogP contribution >= 0.6 is 0 Å². The van der Waals surface area contributed by atoms with Crippen molar-refractivity contribution in [3.05, 3.63) is 0 Å². The summed E-state index contributed by atoms with van der Waals surface area (Å²) in [7, 11) is 0. The quantitative estimate of drug-likeness (QED) is 0.528. The van der Waals surface area contributed by atoms with E-state index in [0.29, 0.717) is 0 Å². The zero-order valence-electron chi connectivity index (χ0n) is 5.70. The number of rotatable bonds is 1. The number of ether oxygens (including phenoxy) is 1. The van der Waals surface area contributed by atoms with Crippen LogP contribution in [0.5, 0.6) is 0 Å². The Labute approximate surface area is 58.4 Å². The molecule has 4 atom stereocenters. The Kier molecular flexibility index (Phi) is 2.23. The Morgan fingerprint density at radius 1 is 1.60 bits per heavy atom. The second-order valence-electron chi connectivity index (χ2n) is 2.50. The summed E-state index contributed by atoms with van der Waals surface area (Å²) in [6.07, 6.45) is -3.88. The molecule has 1 rings (SSSR count). The molecule has 1 aliphatic heterocycles. The molecular weight excluding hydrogens is 139 g/mol. The third-order valence-corrected chi connectivity index (χ3v) is 1.73. The first kappa shape index (κ1) is 7.91. The van der Waals surface area contributed by atoms with Crippen LogP contribution in [-0.4, -0.2) is 41.3 Å². The van der Waals surface area contributed by atoms with Crippen molar-refractivity contribution in [2.45, 2.75) is 31.4 Å². The van der Waals surface area contributed by atoms with Gasteiger partial charge >= 0.3 is 0 Å². The second kappa shape index (κ2) is 2.82. The normalized spacial score (nSPS) is 48.0. The van der Waals surface area contributed by atoms with E-state index in [9.17, 15) is 4.39 Å². The number of halogens is 1. The molecule has 0 amide bonds. The van der Waals surface area contributed by atoms with Gasteiger partial charge in [0, 0.05) is 0 Å². The van der Waals surface area contributed by atoms with Crippen LogP contribution in [0.3, 0.4) is 0 Å². The van der Waals surface area contributed by atoms with E-state index in [4.69, 9.17) is 14.9 Å². The highest BCUT2D eigenvalue weighted by Gasteiger charge is 2.41. The van der Waals surface area contributed by atoms with Crippen molar-refractivity contribution < 1.29 is 19.3 Å². The minimum absolute atomic E-state index is 0.372. The van der Waals surface area contributed by atoms with Gasteiger partial charge in [-0.15, -0.1) is 0 Å². The Bertz CT molecular complexity index is 120. The molecule has 0 aromatic carbocycles. The van der Waals surface area contributed by atoms with Crippen LogP contribution in [0.15, 0.2) is 0 Å². The van der Waals surface area contributed by atoms with Gasteiger partial charge in [0.2, 0.25) is 0 Å². The van der Waals surface area contributed by atoms with Crippen LogP contribution in [0.1, 0.15) is 6.92 Å². The Morgan fingerprint density at radius 3 is 2.40 bits per heavy atom. The van der Waals surface area contributed by atoms with Crippen LogP contribution in [-0.2, 0) is 4.74 Å². The molecule has 0 aromatic rings. The summed E-state index contributed by atoms with van der Waals surface area (Å²) in [6.45, 7) is 1.20. The molecular formula is C6H11FO3. The van der Waals surface area contributed by atoms with E-state index < -0.39 is 24.5 Å². The van der Waals surface area contributed by atoms with Crippen molar-refractivity contribution in [1.29, 1.82) is 0 Å². The molecule has 1 unspecified atom stereocenters. The maximum atomic E-state index is 12.7. The average Bonchev–Trinajstić information content (AvgIpc) is 2.17. The van der Waals surface area contributed by atoms with E-state index in [-0.39, 0.29) is 6.61 Å². The summed E-state index contributed by atoms with van der Waals surface area (Å²) >= 11 is 0. The van der Waals surface area contributed by atoms with Gasteiger partial charge in [-0.25, -0.2) is 4.39 Å². The van der Waals surface area contributed by atoms with Crippen molar-refractivity contribution in [3.63, 3.8) is 0 Å². The standard InChI is InChI=1S/C6H11FO3/c1-3-6(9)5(7)4(2-8)10-3/h3-6,8-9H,2H2,1H3/t3-,4?,5-,6-/m0/s1. The Morgan fingerprint density at radius 2 is 2.20 bits per heavy atom. The highest BCUT2D eigenvalue weighted by molar-refractivity contribution is 4.88. The lowest BCUT2D eigenvalue weighted by atomic mass is 10.1. The van der Waals surface area contributed by atoms with E-state index in [1.165, 1.54) is 0 Å². The van der Waals surface area contributed by atoms with Crippen molar-refractivity contribution in [2.24, 2.45) is 0 Å². The van der Waals surface area contributed by atoms with E-state index in [0.717, 1.165) is 0 Å². The molecule has 3 nitrogen and oxygen atoms in total. The van der Waals surface area contributed by atoms with Crippen molar-refractivity contribution in [3.8, 4) is 0 Å². The van der Waals surface area contributed by atoms with E-state index in [2.05, 4.69) is 0 Å². The smallest absolute Gasteiger partial charge is 0.157 e. The molecule has 0 bridgehead atoms. The zero-order chi connectivity index (χ0) is 7.72.